The molecule has 1 aliphatic rings. The fourth-order valence-corrected chi connectivity index (χ4v) is 3.01. The Kier molecular flexibility index (Phi) is 7.46. The van der Waals surface area contributed by atoms with E-state index in [9.17, 15) is 9.59 Å². The van der Waals surface area contributed by atoms with Crippen LogP contribution in [0.2, 0.25) is 0 Å². The summed E-state index contributed by atoms with van der Waals surface area (Å²) in [6, 6.07) is 0. The number of carbonyl (C=O) groups excluding carboxylic acids is 2. The van der Waals surface area contributed by atoms with Crippen LogP contribution in [0.4, 0.5) is 0 Å². The van der Waals surface area contributed by atoms with Crippen molar-refractivity contribution in [3.05, 3.63) is 0 Å². The molecule has 1 amide bonds. The minimum Gasteiger partial charge on any atom is -0.302 e. The molecule has 0 saturated carbocycles. The quantitative estimate of drug-likeness (QED) is 0.575. The first-order chi connectivity index (χ1) is 9.04. The van der Waals surface area contributed by atoms with E-state index in [1.807, 2.05) is 20.8 Å². The third-order valence-corrected chi connectivity index (χ3v) is 4.33. The molecule has 1 rings (SSSR count). The van der Waals surface area contributed by atoms with Crippen molar-refractivity contribution in [2.45, 2.75) is 40.0 Å². The average Bonchev–Trinajstić information content (AvgIpc) is 2.43. The molecule has 1 heterocycles. The van der Waals surface area contributed by atoms with Crippen LogP contribution in [0.3, 0.4) is 0 Å². The largest absolute Gasteiger partial charge is 0.302 e. The Bertz CT molecular complexity index is 300. The maximum Gasteiger partial charge on any atom is 0.232 e. The first kappa shape index (κ1) is 16.5. The van der Waals surface area contributed by atoms with Crippen LogP contribution in [0.15, 0.2) is 0 Å². The van der Waals surface area contributed by atoms with Gasteiger partial charge in [0.2, 0.25) is 5.91 Å². The van der Waals surface area contributed by atoms with Crippen molar-refractivity contribution in [1.82, 2.24) is 9.62 Å². The Morgan fingerprint density at radius 1 is 1.32 bits per heavy atom. The van der Waals surface area contributed by atoms with Crippen molar-refractivity contribution in [1.29, 1.82) is 0 Å². The summed E-state index contributed by atoms with van der Waals surface area (Å²) in [6.45, 7) is 8.74. The van der Waals surface area contributed by atoms with E-state index in [1.165, 1.54) is 11.9 Å². The van der Waals surface area contributed by atoms with Crippen LogP contribution in [-0.4, -0.2) is 42.0 Å². The van der Waals surface area contributed by atoms with Crippen molar-refractivity contribution >= 4 is 23.6 Å². The summed E-state index contributed by atoms with van der Waals surface area (Å²) in [6.07, 6.45) is 2.66. The van der Waals surface area contributed by atoms with Gasteiger partial charge < -0.3 is 4.90 Å². The summed E-state index contributed by atoms with van der Waals surface area (Å²) in [5, 5.41) is 0. The monoisotopic (exact) mass is 286 g/mol. The number of carbonyl (C=O) groups is 2. The lowest BCUT2D eigenvalue weighted by molar-refractivity contribution is -0.124. The summed E-state index contributed by atoms with van der Waals surface area (Å²) in [4.78, 5) is 25.3. The number of rotatable bonds is 7. The van der Waals surface area contributed by atoms with Gasteiger partial charge in [-0.3, -0.25) is 14.3 Å². The predicted octanol–water partition coefficient (Wildman–Crippen LogP) is 2.10. The summed E-state index contributed by atoms with van der Waals surface area (Å²) >= 11 is 1.49. The Morgan fingerprint density at radius 3 is 2.47 bits per heavy atom. The van der Waals surface area contributed by atoms with Gasteiger partial charge in [0, 0.05) is 30.6 Å². The topological polar surface area (TPSA) is 49.4 Å². The molecule has 0 radical (unpaired) electrons. The summed E-state index contributed by atoms with van der Waals surface area (Å²) in [5.74, 6) is 1.75. The Hall–Kier alpha value is -0.550. The van der Waals surface area contributed by atoms with E-state index in [4.69, 9.17) is 0 Å². The van der Waals surface area contributed by atoms with Crippen molar-refractivity contribution in [2.24, 2.45) is 11.8 Å². The summed E-state index contributed by atoms with van der Waals surface area (Å²) in [5.41, 5.74) is 0. The van der Waals surface area contributed by atoms with Crippen LogP contribution in [0.25, 0.3) is 0 Å². The first-order valence-corrected chi connectivity index (χ1v) is 8.19. The summed E-state index contributed by atoms with van der Waals surface area (Å²) in [7, 11) is 0. The van der Waals surface area contributed by atoms with E-state index in [2.05, 4.69) is 9.62 Å². The van der Waals surface area contributed by atoms with E-state index < -0.39 is 0 Å². The molecule has 0 aliphatic carbocycles. The van der Waals surface area contributed by atoms with Crippen LogP contribution in [0.1, 0.15) is 40.0 Å². The molecular weight excluding hydrogens is 260 g/mol. The molecule has 0 aromatic carbocycles. The van der Waals surface area contributed by atoms with Gasteiger partial charge in [0.1, 0.15) is 5.78 Å². The molecule has 0 spiro atoms. The zero-order valence-corrected chi connectivity index (χ0v) is 13.1. The number of nitrogens with zero attached hydrogens (tertiary/aromatic N) is 1. The number of likely N-dealkylation sites (tertiary alicyclic amines) is 1. The zero-order chi connectivity index (χ0) is 14.3. The number of ketones is 1. The number of hydrogen-bond acceptors (Lipinski definition) is 4. The van der Waals surface area contributed by atoms with Crippen LogP contribution in [0, 0.1) is 11.8 Å². The highest BCUT2D eigenvalue weighted by Gasteiger charge is 2.23. The second kappa shape index (κ2) is 8.59. The number of Topliss-reactive ketones (excluding diaryl/α,β-unsaturated/α-hetero) is 1. The molecular formula is C14H26N2O2S. The smallest absolute Gasteiger partial charge is 0.232 e. The predicted molar refractivity (Wildman–Crippen MR) is 79.9 cm³/mol. The molecule has 0 atom stereocenters. The molecule has 5 heteroatoms. The molecule has 4 nitrogen and oxygen atoms in total. The number of amides is 1. The number of nitrogens with one attached hydrogen (secondary N) is 1. The van der Waals surface area contributed by atoms with E-state index in [1.54, 1.807) is 0 Å². The van der Waals surface area contributed by atoms with Gasteiger partial charge in [-0.15, -0.1) is 0 Å². The number of piperidine rings is 1. The third kappa shape index (κ3) is 5.95. The van der Waals surface area contributed by atoms with Gasteiger partial charge in [-0.1, -0.05) is 20.8 Å². The molecule has 0 aromatic rings. The van der Waals surface area contributed by atoms with Crippen LogP contribution >= 0.6 is 11.9 Å². The number of hydrogen-bond donors (Lipinski definition) is 1. The normalized spacial score (nSPS) is 17.7. The van der Waals surface area contributed by atoms with Gasteiger partial charge in [-0.05, 0) is 37.9 Å². The molecule has 1 saturated heterocycles. The Labute approximate surface area is 120 Å². The van der Waals surface area contributed by atoms with Gasteiger partial charge in [0.05, 0.1) is 0 Å². The highest BCUT2D eigenvalue weighted by atomic mass is 32.2. The lowest BCUT2D eigenvalue weighted by Gasteiger charge is -2.30. The van der Waals surface area contributed by atoms with Gasteiger partial charge in [0.15, 0.2) is 0 Å². The van der Waals surface area contributed by atoms with Crippen LogP contribution in [0.5, 0.6) is 0 Å². The third-order valence-electron chi connectivity index (χ3n) is 3.60. The van der Waals surface area contributed by atoms with Crippen LogP contribution in [-0.2, 0) is 9.59 Å². The second-order valence-electron chi connectivity index (χ2n) is 5.41. The molecule has 1 N–H and O–H groups in total. The minimum absolute atomic E-state index is 0.0447. The van der Waals surface area contributed by atoms with Crippen molar-refractivity contribution in [3.63, 3.8) is 0 Å². The van der Waals surface area contributed by atoms with Crippen molar-refractivity contribution in [3.8, 4) is 0 Å². The van der Waals surface area contributed by atoms with E-state index >= 15 is 0 Å². The van der Waals surface area contributed by atoms with Crippen molar-refractivity contribution in [2.75, 3.05) is 25.4 Å². The fourth-order valence-electron chi connectivity index (χ4n) is 2.18. The van der Waals surface area contributed by atoms with Gasteiger partial charge in [-0.2, -0.15) is 0 Å². The van der Waals surface area contributed by atoms with Crippen LogP contribution < -0.4 is 4.72 Å². The maximum absolute atomic E-state index is 11.6. The second-order valence-corrected chi connectivity index (χ2v) is 6.31. The Morgan fingerprint density at radius 2 is 1.95 bits per heavy atom. The lowest BCUT2D eigenvalue weighted by atomic mass is 9.91. The van der Waals surface area contributed by atoms with E-state index in [-0.39, 0.29) is 17.7 Å². The molecule has 0 aromatic heterocycles. The molecule has 0 bridgehead atoms. The maximum atomic E-state index is 11.6. The molecule has 1 aliphatic heterocycles. The van der Waals surface area contributed by atoms with E-state index in [0.29, 0.717) is 12.2 Å². The fraction of sp³-hybridized carbons (Fsp3) is 0.857. The summed E-state index contributed by atoms with van der Waals surface area (Å²) < 4.78 is 2.85. The Balaban J connectivity index is 2.10. The van der Waals surface area contributed by atoms with Gasteiger partial charge in [-0.25, -0.2) is 0 Å². The average molecular weight is 286 g/mol. The van der Waals surface area contributed by atoms with Gasteiger partial charge >= 0.3 is 0 Å². The zero-order valence-electron chi connectivity index (χ0n) is 12.3. The minimum atomic E-state index is 0.0447. The highest BCUT2D eigenvalue weighted by molar-refractivity contribution is 7.97. The molecule has 1 fully saturated rings. The lowest BCUT2D eigenvalue weighted by Crippen LogP contribution is -2.37. The first-order valence-electron chi connectivity index (χ1n) is 7.21. The molecule has 0 unspecified atom stereocenters. The highest BCUT2D eigenvalue weighted by Crippen LogP contribution is 2.19. The standard InChI is InChI=1S/C14H26N2O2S/c1-4-13(17)12-5-7-16(8-6-12)9-10-19-15-14(18)11(2)3/h11-12H,4-10H2,1-3H3,(H,15,18). The van der Waals surface area contributed by atoms with E-state index in [0.717, 1.165) is 38.2 Å². The molecule has 110 valence electrons. The molecule has 19 heavy (non-hydrogen) atoms. The SMILES string of the molecule is CCC(=O)C1CCN(CCSNC(=O)C(C)C)CC1. The van der Waals surface area contributed by atoms with Crippen molar-refractivity contribution < 1.29 is 9.59 Å². The van der Waals surface area contributed by atoms with Gasteiger partial charge in [0.25, 0.3) is 0 Å².